The van der Waals surface area contributed by atoms with Gasteiger partial charge >= 0.3 is 6.36 Å². The monoisotopic (exact) mass is 236 g/mol. The Morgan fingerprint density at radius 3 is 2.27 bits per heavy atom. The maximum absolute atomic E-state index is 12.4. The van der Waals surface area contributed by atoms with Crippen LogP contribution in [-0.4, -0.2) is 6.36 Å². The second-order valence-corrected chi connectivity index (χ2v) is 2.88. The third-order valence-electron chi connectivity index (χ3n) is 1.22. The number of rotatable bonds is 1. The molecule has 0 radical (unpaired) electrons. The summed E-state index contributed by atoms with van der Waals surface area (Å²) < 4.78 is 50.2. The molecular formula is C9H4F4OS. The highest BCUT2D eigenvalue weighted by atomic mass is 32.2. The summed E-state index contributed by atoms with van der Waals surface area (Å²) in [5.41, 5.74) is 0.412. The predicted octanol–water partition coefficient (Wildman–Crippen LogP) is 3.32. The van der Waals surface area contributed by atoms with Crippen molar-refractivity contribution in [3.63, 3.8) is 0 Å². The molecule has 0 unspecified atom stereocenters. The van der Waals surface area contributed by atoms with Gasteiger partial charge in [-0.05, 0) is 24.3 Å². The van der Waals surface area contributed by atoms with Crippen molar-refractivity contribution >= 4 is 12.0 Å². The molecular weight excluding hydrogens is 232 g/mol. The van der Waals surface area contributed by atoms with E-state index in [2.05, 4.69) is 15.4 Å². The Labute approximate surface area is 87.6 Å². The molecule has 0 aromatic heterocycles. The van der Waals surface area contributed by atoms with Crippen LogP contribution in [0.4, 0.5) is 17.6 Å². The molecule has 0 aliphatic carbocycles. The third kappa shape index (κ3) is 5.30. The summed E-state index contributed by atoms with van der Waals surface area (Å²) in [6.45, 7) is 0. The second-order valence-electron chi connectivity index (χ2n) is 2.35. The molecule has 0 aliphatic rings. The fourth-order valence-corrected chi connectivity index (χ4v) is 0.977. The molecule has 15 heavy (non-hydrogen) atoms. The lowest BCUT2D eigenvalue weighted by Gasteiger charge is -1.99. The first kappa shape index (κ1) is 11.9. The summed E-state index contributed by atoms with van der Waals surface area (Å²) >= 11 is -0.0206. The van der Waals surface area contributed by atoms with Crippen LogP contribution in [0.15, 0.2) is 24.3 Å². The highest BCUT2D eigenvalue weighted by molar-refractivity contribution is 7.99. The highest BCUT2D eigenvalue weighted by Gasteiger charge is 2.29. The van der Waals surface area contributed by atoms with E-state index in [1.165, 1.54) is 24.3 Å². The standard InChI is InChI=1S/C9H4F4OS/c10-8-3-1-7(2-4-8)5-6-15-14-9(11,12)13/h1-4H. The van der Waals surface area contributed by atoms with E-state index in [4.69, 9.17) is 0 Å². The average molecular weight is 236 g/mol. The maximum atomic E-state index is 12.4. The van der Waals surface area contributed by atoms with E-state index in [-0.39, 0.29) is 12.0 Å². The summed E-state index contributed by atoms with van der Waals surface area (Å²) in [5, 5.41) is 2.08. The number of hydrogen-bond donors (Lipinski definition) is 0. The minimum absolute atomic E-state index is 0.0206. The van der Waals surface area contributed by atoms with Crippen LogP contribution in [0.25, 0.3) is 0 Å². The van der Waals surface area contributed by atoms with Crippen LogP contribution in [0, 0.1) is 17.0 Å². The van der Waals surface area contributed by atoms with Crippen molar-refractivity contribution in [3.8, 4) is 11.2 Å². The van der Waals surface area contributed by atoms with Gasteiger partial charge < -0.3 is 0 Å². The minimum atomic E-state index is -4.71. The van der Waals surface area contributed by atoms with Crippen molar-refractivity contribution in [2.75, 3.05) is 0 Å². The molecule has 0 saturated heterocycles. The summed E-state index contributed by atoms with van der Waals surface area (Å²) in [4.78, 5) is 0. The molecule has 0 amide bonds. The van der Waals surface area contributed by atoms with E-state index in [1.807, 2.05) is 0 Å². The molecule has 0 spiro atoms. The molecule has 0 fully saturated rings. The fraction of sp³-hybridized carbons (Fsp3) is 0.111. The number of alkyl halides is 3. The zero-order valence-corrected chi connectivity index (χ0v) is 7.95. The van der Waals surface area contributed by atoms with E-state index < -0.39 is 12.2 Å². The first-order valence-electron chi connectivity index (χ1n) is 3.65. The largest absolute Gasteiger partial charge is 0.534 e. The quantitative estimate of drug-likeness (QED) is 0.420. The second kappa shape index (κ2) is 5.05. The van der Waals surface area contributed by atoms with Gasteiger partial charge in [0, 0.05) is 10.8 Å². The molecule has 0 saturated carbocycles. The zero-order valence-electron chi connectivity index (χ0n) is 7.14. The SMILES string of the molecule is Fc1ccc(C#CSOC(F)(F)F)cc1. The molecule has 1 aromatic rings. The van der Waals surface area contributed by atoms with Gasteiger partial charge in [-0.2, -0.15) is 0 Å². The molecule has 80 valence electrons. The van der Waals surface area contributed by atoms with Crippen LogP contribution >= 0.6 is 12.0 Å². The van der Waals surface area contributed by atoms with Gasteiger partial charge in [0.2, 0.25) is 0 Å². The lowest BCUT2D eigenvalue weighted by molar-refractivity contribution is -0.266. The molecule has 0 aliphatic heterocycles. The van der Waals surface area contributed by atoms with Gasteiger partial charge in [0.05, 0.1) is 12.0 Å². The van der Waals surface area contributed by atoms with Gasteiger partial charge in [-0.1, -0.05) is 5.92 Å². The predicted molar refractivity (Wildman–Crippen MR) is 48.0 cm³/mol. The molecule has 0 atom stereocenters. The van der Waals surface area contributed by atoms with Crippen LogP contribution in [-0.2, 0) is 4.18 Å². The van der Waals surface area contributed by atoms with E-state index in [9.17, 15) is 17.6 Å². The van der Waals surface area contributed by atoms with Crippen molar-refractivity contribution in [1.82, 2.24) is 0 Å². The molecule has 1 aromatic carbocycles. The van der Waals surface area contributed by atoms with Crippen molar-refractivity contribution in [1.29, 1.82) is 0 Å². The Morgan fingerprint density at radius 2 is 1.73 bits per heavy atom. The van der Waals surface area contributed by atoms with Gasteiger partial charge in [-0.15, -0.1) is 13.2 Å². The van der Waals surface area contributed by atoms with Crippen molar-refractivity contribution in [2.24, 2.45) is 0 Å². The van der Waals surface area contributed by atoms with Crippen LogP contribution < -0.4 is 0 Å². The summed E-state index contributed by atoms with van der Waals surface area (Å²) in [6, 6.07) is 5.05. The molecule has 0 N–H and O–H groups in total. The Bertz CT molecular complexity index is 374. The van der Waals surface area contributed by atoms with Crippen LogP contribution in [0.2, 0.25) is 0 Å². The molecule has 0 bridgehead atoms. The van der Waals surface area contributed by atoms with Crippen LogP contribution in [0.3, 0.4) is 0 Å². The van der Waals surface area contributed by atoms with Crippen LogP contribution in [0.5, 0.6) is 0 Å². The van der Waals surface area contributed by atoms with E-state index in [1.54, 1.807) is 0 Å². The van der Waals surface area contributed by atoms with Gasteiger partial charge in [0.15, 0.2) is 0 Å². The Kier molecular flexibility index (Phi) is 4.00. The Hall–Kier alpha value is -1.19. The third-order valence-corrected chi connectivity index (χ3v) is 1.68. The first-order chi connectivity index (χ1) is 6.97. The van der Waals surface area contributed by atoms with Gasteiger partial charge in [-0.25, -0.2) is 8.57 Å². The summed E-state index contributed by atoms with van der Waals surface area (Å²) in [5.74, 6) is 1.93. The first-order valence-corrected chi connectivity index (χ1v) is 4.39. The molecule has 1 rings (SSSR count). The van der Waals surface area contributed by atoms with E-state index >= 15 is 0 Å². The lowest BCUT2D eigenvalue weighted by atomic mass is 10.2. The molecule has 6 heteroatoms. The smallest absolute Gasteiger partial charge is 0.207 e. The fourth-order valence-electron chi connectivity index (χ4n) is 0.681. The number of halogens is 4. The van der Waals surface area contributed by atoms with Crippen molar-refractivity contribution < 1.29 is 21.7 Å². The highest BCUT2D eigenvalue weighted by Crippen LogP contribution is 2.22. The van der Waals surface area contributed by atoms with Crippen molar-refractivity contribution in [3.05, 3.63) is 35.6 Å². The summed E-state index contributed by atoms with van der Waals surface area (Å²) in [7, 11) is 0. The van der Waals surface area contributed by atoms with Crippen LogP contribution in [0.1, 0.15) is 5.56 Å². The van der Waals surface area contributed by atoms with E-state index in [0.717, 1.165) is 0 Å². The van der Waals surface area contributed by atoms with Gasteiger partial charge in [0.25, 0.3) is 0 Å². The average Bonchev–Trinajstić information content (AvgIpc) is 2.14. The zero-order chi connectivity index (χ0) is 11.3. The van der Waals surface area contributed by atoms with Gasteiger partial charge in [0.1, 0.15) is 5.82 Å². The molecule has 0 heterocycles. The Morgan fingerprint density at radius 1 is 1.13 bits per heavy atom. The summed E-state index contributed by atoms with van der Waals surface area (Å²) in [6.07, 6.45) is -4.71. The minimum Gasteiger partial charge on any atom is -0.207 e. The maximum Gasteiger partial charge on any atom is 0.534 e. The molecule has 1 nitrogen and oxygen atoms in total. The normalized spacial score (nSPS) is 10.7. The number of benzene rings is 1. The van der Waals surface area contributed by atoms with Gasteiger partial charge in [-0.3, -0.25) is 0 Å². The Balaban J connectivity index is 2.48. The lowest BCUT2D eigenvalue weighted by Crippen LogP contribution is -2.06. The topological polar surface area (TPSA) is 9.23 Å². The van der Waals surface area contributed by atoms with E-state index in [0.29, 0.717) is 5.56 Å². The number of hydrogen-bond acceptors (Lipinski definition) is 2. The van der Waals surface area contributed by atoms with Crippen molar-refractivity contribution in [2.45, 2.75) is 6.36 Å².